The summed E-state index contributed by atoms with van der Waals surface area (Å²) in [6.45, 7) is 1.91. The highest BCUT2D eigenvalue weighted by atomic mass is 32.1. The summed E-state index contributed by atoms with van der Waals surface area (Å²) < 4.78 is 5.54. The van der Waals surface area contributed by atoms with Crippen LogP contribution in [0.5, 0.6) is 5.75 Å². The molecular formula is C9H10N2OS. The average molecular weight is 194 g/mol. The molecule has 3 nitrogen and oxygen atoms in total. The molecule has 68 valence electrons. The third kappa shape index (κ3) is 1.45. The van der Waals surface area contributed by atoms with Crippen molar-refractivity contribution in [1.29, 1.82) is 0 Å². The van der Waals surface area contributed by atoms with Gasteiger partial charge in [-0.25, -0.2) is 0 Å². The fourth-order valence-electron chi connectivity index (χ4n) is 1.23. The molecule has 1 aromatic carbocycles. The topological polar surface area (TPSA) is 47.3 Å². The van der Waals surface area contributed by atoms with Gasteiger partial charge in [0.05, 0.1) is 5.69 Å². The maximum Gasteiger partial charge on any atom is 0.146 e. The maximum atomic E-state index is 5.62. The molecule has 0 aliphatic carbocycles. The van der Waals surface area contributed by atoms with Crippen LogP contribution >= 0.6 is 12.2 Å². The Kier molecular flexibility index (Phi) is 1.84. The molecule has 13 heavy (non-hydrogen) atoms. The number of nitrogens with one attached hydrogen (secondary N) is 1. The number of rotatable bonds is 0. The van der Waals surface area contributed by atoms with Gasteiger partial charge in [0.25, 0.3) is 0 Å². The molecule has 0 saturated carbocycles. The minimum Gasteiger partial charge on any atom is -0.481 e. The van der Waals surface area contributed by atoms with Gasteiger partial charge in [-0.2, -0.15) is 0 Å². The molecule has 3 N–H and O–H groups in total. The molecule has 0 fully saturated rings. The molecular weight excluding hydrogens is 184 g/mol. The monoisotopic (exact) mass is 194 g/mol. The van der Waals surface area contributed by atoms with Crippen LogP contribution in [0, 0.1) is 0 Å². The molecule has 0 saturated heterocycles. The van der Waals surface area contributed by atoms with E-state index in [9.17, 15) is 0 Å². The summed E-state index contributed by atoms with van der Waals surface area (Å²) in [7, 11) is 0. The summed E-state index contributed by atoms with van der Waals surface area (Å²) in [5.74, 6) is 0.801. The van der Waals surface area contributed by atoms with E-state index in [0.717, 1.165) is 11.4 Å². The van der Waals surface area contributed by atoms with Crippen molar-refractivity contribution < 1.29 is 4.74 Å². The molecule has 1 atom stereocenters. The lowest BCUT2D eigenvalue weighted by atomic mass is 10.2. The van der Waals surface area contributed by atoms with Gasteiger partial charge in [0.15, 0.2) is 0 Å². The van der Waals surface area contributed by atoms with E-state index in [4.69, 9.17) is 22.7 Å². The molecule has 0 amide bonds. The molecule has 1 unspecified atom stereocenters. The normalized spacial score (nSPS) is 20.1. The Morgan fingerprint density at radius 2 is 2.31 bits per heavy atom. The Morgan fingerprint density at radius 1 is 1.54 bits per heavy atom. The Morgan fingerprint density at radius 3 is 3.08 bits per heavy atom. The number of anilines is 2. The number of fused-ring (bicyclic) bond motifs is 1. The molecule has 1 aromatic rings. The smallest absolute Gasteiger partial charge is 0.146 e. The van der Waals surface area contributed by atoms with E-state index in [1.807, 2.05) is 25.1 Å². The standard InChI is InChI=1S/C9H10N2OS/c1-5-9(13)11-7-4-6(10)2-3-8(7)12-5/h2-5H,10H2,1H3,(H,11,13). The van der Waals surface area contributed by atoms with E-state index in [-0.39, 0.29) is 6.10 Å². The number of hydrogen-bond donors (Lipinski definition) is 2. The van der Waals surface area contributed by atoms with E-state index in [0.29, 0.717) is 10.7 Å². The maximum absolute atomic E-state index is 5.62. The first kappa shape index (κ1) is 8.31. The van der Waals surface area contributed by atoms with Crippen LogP contribution in [0.25, 0.3) is 0 Å². The molecule has 4 heteroatoms. The van der Waals surface area contributed by atoms with Crippen LogP contribution < -0.4 is 15.8 Å². The lowest BCUT2D eigenvalue weighted by Crippen LogP contribution is -2.32. The second-order valence-electron chi connectivity index (χ2n) is 3.00. The van der Waals surface area contributed by atoms with Gasteiger partial charge in [-0.1, -0.05) is 12.2 Å². The number of ether oxygens (including phenoxy) is 1. The number of nitrogens with two attached hydrogens (primary N) is 1. The van der Waals surface area contributed by atoms with E-state index >= 15 is 0 Å². The largest absolute Gasteiger partial charge is 0.481 e. The zero-order valence-electron chi connectivity index (χ0n) is 7.20. The van der Waals surface area contributed by atoms with Crippen molar-refractivity contribution >= 4 is 28.6 Å². The van der Waals surface area contributed by atoms with Crippen molar-refractivity contribution in [2.75, 3.05) is 11.1 Å². The van der Waals surface area contributed by atoms with Gasteiger partial charge in [0.1, 0.15) is 16.8 Å². The Bertz CT molecular complexity index is 365. The van der Waals surface area contributed by atoms with Gasteiger partial charge < -0.3 is 15.8 Å². The van der Waals surface area contributed by atoms with E-state index < -0.39 is 0 Å². The fraction of sp³-hybridized carbons (Fsp3) is 0.222. The lowest BCUT2D eigenvalue weighted by molar-refractivity contribution is 0.286. The van der Waals surface area contributed by atoms with Crippen molar-refractivity contribution in [2.24, 2.45) is 0 Å². The molecule has 1 aliphatic rings. The molecule has 0 spiro atoms. The van der Waals surface area contributed by atoms with Gasteiger partial charge in [-0.05, 0) is 25.1 Å². The Hall–Kier alpha value is -1.29. The highest BCUT2D eigenvalue weighted by molar-refractivity contribution is 7.80. The van der Waals surface area contributed by atoms with Crippen molar-refractivity contribution in [1.82, 2.24) is 0 Å². The number of benzene rings is 1. The van der Waals surface area contributed by atoms with Crippen LogP contribution in [-0.2, 0) is 0 Å². The minimum atomic E-state index is -0.0638. The highest BCUT2D eigenvalue weighted by Crippen LogP contribution is 2.31. The van der Waals surface area contributed by atoms with Gasteiger partial charge >= 0.3 is 0 Å². The van der Waals surface area contributed by atoms with Crippen LogP contribution in [0.4, 0.5) is 11.4 Å². The van der Waals surface area contributed by atoms with E-state index in [1.165, 1.54) is 0 Å². The van der Waals surface area contributed by atoms with E-state index in [2.05, 4.69) is 5.32 Å². The second-order valence-corrected chi connectivity index (χ2v) is 3.44. The summed E-state index contributed by atoms with van der Waals surface area (Å²) in [4.78, 5) is 0.693. The Labute approximate surface area is 81.9 Å². The first-order valence-corrected chi connectivity index (χ1v) is 4.44. The fourth-order valence-corrected chi connectivity index (χ4v) is 1.38. The van der Waals surface area contributed by atoms with Crippen molar-refractivity contribution in [3.63, 3.8) is 0 Å². The van der Waals surface area contributed by atoms with Crippen LogP contribution in [0.2, 0.25) is 0 Å². The summed E-state index contributed by atoms with van der Waals surface area (Å²) in [6, 6.07) is 5.46. The summed E-state index contributed by atoms with van der Waals surface area (Å²) in [5, 5.41) is 3.08. The van der Waals surface area contributed by atoms with Crippen LogP contribution in [0.1, 0.15) is 6.92 Å². The third-order valence-electron chi connectivity index (χ3n) is 1.93. The zero-order chi connectivity index (χ0) is 9.42. The van der Waals surface area contributed by atoms with E-state index in [1.54, 1.807) is 0 Å². The molecule has 0 bridgehead atoms. The first-order chi connectivity index (χ1) is 6.16. The molecule has 0 radical (unpaired) electrons. The first-order valence-electron chi connectivity index (χ1n) is 4.04. The molecule has 1 heterocycles. The summed E-state index contributed by atoms with van der Waals surface area (Å²) in [5.41, 5.74) is 7.17. The van der Waals surface area contributed by atoms with Crippen molar-refractivity contribution in [3.05, 3.63) is 18.2 Å². The van der Waals surface area contributed by atoms with Crippen LogP contribution in [0.15, 0.2) is 18.2 Å². The van der Waals surface area contributed by atoms with Gasteiger partial charge in [-0.15, -0.1) is 0 Å². The second kappa shape index (κ2) is 2.88. The lowest BCUT2D eigenvalue weighted by Gasteiger charge is -2.25. The number of thiocarbonyl (C=S) groups is 1. The highest BCUT2D eigenvalue weighted by Gasteiger charge is 2.19. The van der Waals surface area contributed by atoms with Gasteiger partial charge in [-0.3, -0.25) is 0 Å². The van der Waals surface area contributed by atoms with Crippen molar-refractivity contribution in [2.45, 2.75) is 13.0 Å². The van der Waals surface area contributed by atoms with Crippen molar-refractivity contribution in [3.8, 4) is 5.75 Å². The zero-order valence-corrected chi connectivity index (χ0v) is 8.02. The van der Waals surface area contributed by atoms with Gasteiger partial charge in [0, 0.05) is 5.69 Å². The van der Waals surface area contributed by atoms with Crippen LogP contribution in [0.3, 0.4) is 0 Å². The third-order valence-corrected chi connectivity index (χ3v) is 2.37. The minimum absolute atomic E-state index is 0.0638. The molecule has 0 aromatic heterocycles. The predicted molar refractivity (Wildman–Crippen MR) is 57.2 cm³/mol. The summed E-state index contributed by atoms with van der Waals surface area (Å²) in [6.07, 6.45) is -0.0638. The molecule has 2 rings (SSSR count). The SMILES string of the molecule is CC1Oc2ccc(N)cc2NC1=S. The molecule has 1 aliphatic heterocycles. The summed E-state index contributed by atoms with van der Waals surface area (Å²) >= 11 is 5.07. The average Bonchev–Trinajstić information content (AvgIpc) is 2.08. The van der Waals surface area contributed by atoms with Gasteiger partial charge in [0.2, 0.25) is 0 Å². The quantitative estimate of drug-likeness (QED) is 0.488. The number of nitrogen functional groups attached to an aromatic ring is 1. The predicted octanol–water partition coefficient (Wildman–Crippen LogP) is 1.79. The Balaban J connectivity index is 2.42. The number of hydrogen-bond acceptors (Lipinski definition) is 3. The van der Waals surface area contributed by atoms with Crippen LogP contribution in [-0.4, -0.2) is 11.1 Å².